The molecule has 1 aromatic carbocycles. The lowest BCUT2D eigenvalue weighted by Crippen LogP contribution is -2.20. The third kappa shape index (κ3) is 2.52. The lowest BCUT2D eigenvalue weighted by Gasteiger charge is -2.21. The van der Waals surface area contributed by atoms with Crippen molar-refractivity contribution in [3.05, 3.63) is 27.7 Å². The number of phenolic OH excluding ortho intramolecular Hbond substituents is 1. The van der Waals surface area contributed by atoms with E-state index in [-0.39, 0.29) is 17.4 Å². The maximum absolute atomic E-state index is 11.0. The van der Waals surface area contributed by atoms with Crippen LogP contribution in [0, 0.1) is 5.92 Å². The Morgan fingerprint density at radius 3 is 2.56 bits per heavy atom. The molecular weight excluding hydrogens is 298 g/mol. The fourth-order valence-corrected chi connectivity index (χ4v) is 3.04. The van der Waals surface area contributed by atoms with Gasteiger partial charge in [-0.3, -0.25) is 0 Å². The molecule has 1 aromatic rings. The number of aromatic hydroxyl groups is 1. The van der Waals surface area contributed by atoms with Crippen molar-refractivity contribution >= 4 is 21.9 Å². The first kappa shape index (κ1) is 13.4. The van der Waals surface area contributed by atoms with E-state index >= 15 is 0 Å². The zero-order valence-corrected chi connectivity index (χ0v) is 11.5. The summed E-state index contributed by atoms with van der Waals surface area (Å²) in [6.07, 6.45) is 4.38. The fraction of sp³-hybridized carbons (Fsp3) is 0.462. The van der Waals surface area contributed by atoms with Crippen molar-refractivity contribution in [3.63, 3.8) is 0 Å². The molecule has 98 valence electrons. The molecular formula is C13H16BrNO3. The van der Waals surface area contributed by atoms with Crippen LogP contribution >= 0.6 is 15.9 Å². The van der Waals surface area contributed by atoms with Gasteiger partial charge >= 0.3 is 5.97 Å². The molecule has 4 nitrogen and oxygen atoms in total. The SMILES string of the molecule is N[C@@H](c1cc(C(=O)O)cc(Br)c1O)C1CCCC1. The molecule has 1 atom stereocenters. The third-order valence-corrected chi connectivity index (χ3v) is 4.21. The second kappa shape index (κ2) is 5.28. The molecule has 1 fully saturated rings. The number of carboxylic acid groups (broad SMARTS) is 1. The average molecular weight is 314 g/mol. The van der Waals surface area contributed by atoms with Gasteiger partial charge in [-0.25, -0.2) is 4.79 Å². The first-order valence-corrected chi connectivity index (χ1v) is 6.81. The van der Waals surface area contributed by atoms with Gasteiger partial charge in [-0.15, -0.1) is 0 Å². The minimum Gasteiger partial charge on any atom is -0.506 e. The highest BCUT2D eigenvalue weighted by atomic mass is 79.9. The third-order valence-electron chi connectivity index (χ3n) is 3.61. The number of nitrogens with two attached hydrogens (primary N) is 1. The first-order valence-electron chi connectivity index (χ1n) is 6.02. The van der Waals surface area contributed by atoms with Gasteiger partial charge in [-0.05, 0) is 46.8 Å². The average Bonchev–Trinajstić information content (AvgIpc) is 2.85. The minimum absolute atomic E-state index is 0.0550. The molecule has 0 amide bonds. The second-order valence-corrected chi connectivity index (χ2v) is 5.63. The monoisotopic (exact) mass is 313 g/mol. The summed E-state index contributed by atoms with van der Waals surface area (Å²) in [5.41, 5.74) is 6.83. The van der Waals surface area contributed by atoms with Crippen molar-refractivity contribution in [2.45, 2.75) is 31.7 Å². The first-order chi connectivity index (χ1) is 8.50. The van der Waals surface area contributed by atoms with E-state index in [4.69, 9.17) is 10.8 Å². The Labute approximate surface area is 114 Å². The summed E-state index contributed by atoms with van der Waals surface area (Å²) < 4.78 is 0.380. The predicted octanol–water partition coefficient (Wildman–Crippen LogP) is 3.04. The van der Waals surface area contributed by atoms with Gasteiger partial charge in [0.05, 0.1) is 10.0 Å². The molecule has 5 heteroatoms. The van der Waals surface area contributed by atoms with Gasteiger partial charge in [0.2, 0.25) is 0 Å². The molecule has 1 aliphatic carbocycles. The van der Waals surface area contributed by atoms with E-state index in [1.807, 2.05) is 0 Å². The van der Waals surface area contributed by atoms with Crippen LogP contribution in [0.2, 0.25) is 0 Å². The Bertz CT molecular complexity index is 470. The van der Waals surface area contributed by atoms with E-state index in [2.05, 4.69) is 15.9 Å². The molecule has 0 radical (unpaired) electrons. The standard InChI is InChI=1S/C13H16BrNO3/c14-10-6-8(13(17)18)5-9(12(10)16)11(15)7-3-1-2-4-7/h5-7,11,16H,1-4,15H2,(H,17,18)/t11-/m1/s1. The molecule has 18 heavy (non-hydrogen) atoms. The topological polar surface area (TPSA) is 83.6 Å². The number of benzene rings is 1. The van der Waals surface area contributed by atoms with E-state index in [1.54, 1.807) is 0 Å². The van der Waals surface area contributed by atoms with E-state index in [1.165, 1.54) is 12.1 Å². The molecule has 0 spiro atoms. The van der Waals surface area contributed by atoms with E-state index in [0.717, 1.165) is 25.7 Å². The number of carboxylic acids is 1. The van der Waals surface area contributed by atoms with Gasteiger partial charge in [0, 0.05) is 11.6 Å². The summed E-state index contributed by atoms with van der Waals surface area (Å²) >= 11 is 3.17. The zero-order chi connectivity index (χ0) is 13.3. The molecule has 1 aliphatic rings. The van der Waals surface area contributed by atoms with E-state index < -0.39 is 5.97 Å². The molecule has 0 unspecified atom stereocenters. The van der Waals surface area contributed by atoms with Crippen LogP contribution in [0.15, 0.2) is 16.6 Å². The largest absolute Gasteiger partial charge is 0.506 e. The van der Waals surface area contributed by atoms with E-state index in [0.29, 0.717) is 16.0 Å². The van der Waals surface area contributed by atoms with Gasteiger partial charge in [0.15, 0.2) is 0 Å². The summed E-state index contributed by atoms with van der Waals surface area (Å²) in [4.78, 5) is 11.0. The van der Waals surface area contributed by atoms with Gasteiger partial charge in [0.1, 0.15) is 5.75 Å². The Morgan fingerprint density at radius 1 is 1.39 bits per heavy atom. The van der Waals surface area contributed by atoms with Crippen LogP contribution in [0.3, 0.4) is 0 Å². The highest BCUT2D eigenvalue weighted by Crippen LogP contribution is 2.40. The maximum Gasteiger partial charge on any atom is 0.335 e. The normalized spacial score (nSPS) is 17.9. The quantitative estimate of drug-likeness (QED) is 0.801. The number of rotatable bonds is 3. The molecule has 0 bridgehead atoms. The highest BCUT2D eigenvalue weighted by Gasteiger charge is 2.26. The smallest absolute Gasteiger partial charge is 0.335 e. The van der Waals surface area contributed by atoms with Gasteiger partial charge in [-0.2, -0.15) is 0 Å². The summed E-state index contributed by atoms with van der Waals surface area (Å²) in [6, 6.07) is 2.57. The Balaban J connectivity index is 2.38. The molecule has 0 heterocycles. The fourth-order valence-electron chi connectivity index (χ4n) is 2.57. The summed E-state index contributed by atoms with van der Waals surface area (Å²) in [7, 11) is 0. The zero-order valence-electron chi connectivity index (χ0n) is 9.90. The molecule has 0 aromatic heterocycles. The van der Waals surface area contributed by atoms with Crippen molar-refractivity contribution in [1.82, 2.24) is 0 Å². The molecule has 0 aliphatic heterocycles. The summed E-state index contributed by atoms with van der Waals surface area (Å²) in [5.74, 6) is -0.637. The lowest BCUT2D eigenvalue weighted by atomic mass is 9.91. The van der Waals surface area contributed by atoms with Crippen molar-refractivity contribution in [3.8, 4) is 5.75 Å². The Hall–Kier alpha value is -1.07. The number of phenols is 1. The van der Waals surface area contributed by atoms with Crippen LogP contribution in [0.25, 0.3) is 0 Å². The Kier molecular flexibility index (Phi) is 3.92. The maximum atomic E-state index is 11.0. The highest BCUT2D eigenvalue weighted by molar-refractivity contribution is 9.10. The van der Waals surface area contributed by atoms with Crippen LogP contribution in [0.1, 0.15) is 47.6 Å². The molecule has 2 rings (SSSR count). The second-order valence-electron chi connectivity index (χ2n) is 4.77. The number of halogens is 1. The minimum atomic E-state index is -1.02. The van der Waals surface area contributed by atoms with Crippen molar-refractivity contribution in [1.29, 1.82) is 0 Å². The number of aromatic carboxylic acids is 1. The van der Waals surface area contributed by atoms with E-state index in [9.17, 15) is 9.90 Å². The van der Waals surface area contributed by atoms with Gasteiger partial charge in [0.25, 0.3) is 0 Å². The molecule has 0 saturated heterocycles. The van der Waals surface area contributed by atoms with Crippen LogP contribution in [0.4, 0.5) is 0 Å². The van der Waals surface area contributed by atoms with Crippen LogP contribution in [0.5, 0.6) is 5.75 Å². The number of hydrogen-bond acceptors (Lipinski definition) is 3. The number of hydrogen-bond donors (Lipinski definition) is 3. The van der Waals surface area contributed by atoms with Crippen molar-refractivity contribution in [2.24, 2.45) is 11.7 Å². The summed E-state index contributed by atoms with van der Waals surface area (Å²) in [5, 5.41) is 19.0. The lowest BCUT2D eigenvalue weighted by molar-refractivity contribution is 0.0696. The van der Waals surface area contributed by atoms with Crippen molar-refractivity contribution in [2.75, 3.05) is 0 Å². The molecule has 1 saturated carbocycles. The predicted molar refractivity (Wildman–Crippen MR) is 71.7 cm³/mol. The van der Waals surface area contributed by atoms with Gasteiger partial charge in [-0.1, -0.05) is 12.8 Å². The van der Waals surface area contributed by atoms with Crippen LogP contribution in [-0.4, -0.2) is 16.2 Å². The number of carbonyl (C=O) groups is 1. The molecule has 4 N–H and O–H groups in total. The van der Waals surface area contributed by atoms with Crippen LogP contribution in [-0.2, 0) is 0 Å². The van der Waals surface area contributed by atoms with Crippen LogP contribution < -0.4 is 5.73 Å². The van der Waals surface area contributed by atoms with Crippen molar-refractivity contribution < 1.29 is 15.0 Å². The Morgan fingerprint density at radius 2 is 2.00 bits per heavy atom. The van der Waals surface area contributed by atoms with Gasteiger partial charge < -0.3 is 15.9 Å². The summed E-state index contributed by atoms with van der Waals surface area (Å²) in [6.45, 7) is 0.